The first-order valence-corrected chi connectivity index (χ1v) is 10.9. The summed E-state index contributed by atoms with van der Waals surface area (Å²) in [7, 11) is 1.59. The number of aromatic nitrogens is 2. The summed E-state index contributed by atoms with van der Waals surface area (Å²) in [4.78, 5) is 45.5. The van der Waals surface area contributed by atoms with Gasteiger partial charge in [-0.3, -0.25) is 19.4 Å². The molecule has 2 atom stereocenters. The number of benzene rings is 1. The highest BCUT2D eigenvalue weighted by Gasteiger charge is 2.44. The van der Waals surface area contributed by atoms with E-state index in [2.05, 4.69) is 20.6 Å². The smallest absolute Gasteiger partial charge is 0.246 e. The van der Waals surface area contributed by atoms with Crippen LogP contribution in [0.3, 0.4) is 0 Å². The average Bonchev–Trinajstić information content (AvgIpc) is 3.20. The first kappa shape index (κ1) is 23.2. The third-order valence-corrected chi connectivity index (χ3v) is 6.22. The minimum Gasteiger partial charge on any atom is -0.495 e. The molecule has 2 aromatic heterocycles. The van der Waals surface area contributed by atoms with E-state index in [1.165, 1.54) is 0 Å². The van der Waals surface area contributed by atoms with Crippen molar-refractivity contribution >= 4 is 28.6 Å². The number of primary amides is 1. The fraction of sp³-hybridized carbons (Fsp3) is 0.333. The van der Waals surface area contributed by atoms with Crippen molar-refractivity contribution in [1.29, 1.82) is 0 Å². The molecule has 1 aliphatic carbocycles. The molecule has 0 fully saturated rings. The minimum absolute atomic E-state index is 0.0384. The molecule has 10 heteroatoms. The topological polar surface area (TPSA) is 159 Å². The van der Waals surface area contributed by atoms with Crippen molar-refractivity contribution < 1.29 is 24.2 Å². The Morgan fingerprint density at radius 2 is 2.12 bits per heavy atom. The van der Waals surface area contributed by atoms with Gasteiger partial charge in [0.1, 0.15) is 17.3 Å². The van der Waals surface area contributed by atoms with Crippen LogP contribution in [0, 0.1) is 0 Å². The van der Waals surface area contributed by atoms with Crippen molar-refractivity contribution in [3.05, 3.63) is 59.5 Å². The van der Waals surface area contributed by atoms with Gasteiger partial charge < -0.3 is 31.2 Å². The predicted molar refractivity (Wildman–Crippen MR) is 124 cm³/mol. The molecule has 0 saturated heterocycles. The van der Waals surface area contributed by atoms with E-state index < -0.39 is 30.0 Å². The number of carbonyl (C=O) groups excluding carboxylic acids is 3. The molecular formula is C24H27N5O5. The number of hydrogen-bond acceptors (Lipinski definition) is 6. The zero-order valence-corrected chi connectivity index (χ0v) is 18.8. The quantitative estimate of drug-likeness (QED) is 0.318. The third-order valence-electron chi connectivity index (χ3n) is 6.22. The van der Waals surface area contributed by atoms with E-state index >= 15 is 0 Å². The molecule has 178 valence electrons. The molecule has 1 unspecified atom stereocenters. The molecule has 10 nitrogen and oxygen atoms in total. The maximum Gasteiger partial charge on any atom is 0.246 e. The van der Waals surface area contributed by atoms with Crippen molar-refractivity contribution in [3.8, 4) is 5.75 Å². The second-order valence-electron chi connectivity index (χ2n) is 8.42. The van der Waals surface area contributed by atoms with E-state index in [0.717, 1.165) is 22.2 Å². The number of nitrogens with one attached hydrogen (secondary N) is 3. The number of H-pyrrole nitrogens is 1. The second-order valence-corrected chi connectivity index (χ2v) is 8.42. The molecule has 1 aromatic carbocycles. The number of aliphatic hydroxyl groups excluding tert-OH is 1. The number of nitrogens with zero attached hydrogens (tertiary/aromatic N) is 1. The third kappa shape index (κ3) is 4.44. The van der Waals surface area contributed by atoms with Gasteiger partial charge in [0.2, 0.25) is 17.7 Å². The van der Waals surface area contributed by atoms with Crippen molar-refractivity contribution in [3.63, 3.8) is 0 Å². The lowest BCUT2D eigenvalue weighted by Crippen LogP contribution is -2.64. The van der Waals surface area contributed by atoms with Gasteiger partial charge in [0.25, 0.3) is 0 Å². The standard InChI is InChI=1S/C24H27N5O5/c1-34-19-6-2-5-15-16-11-24(8-7-17(16)27-21(15)19,23(33)28-18(13-30)22(25)32)29-20(31)10-14-4-3-9-26-12-14/h2-6,9,12,18,27,30H,7-8,10-11,13H2,1H3,(H2,25,32)(H,28,33)(H,29,31)/t18-,24?/m0/s1. The number of aliphatic hydroxyl groups is 1. The number of methoxy groups -OCH3 is 1. The molecule has 3 aromatic rings. The van der Waals surface area contributed by atoms with Crippen LogP contribution in [-0.2, 0) is 33.6 Å². The Hall–Kier alpha value is -3.92. The van der Waals surface area contributed by atoms with Crippen LogP contribution in [0.1, 0.15) is 23.2 Å². The van der Waals surface area contributed by atoms with Crippen molar-refractivity contribution in [1.82, 2.24) is 20.6 Å². The van der Waals surface area contributed by atoms with Crippen molar-refractivity contribution in [2.45, 2.75) is 37.3 Å². The van der Waals surface area contributed by atoms with Gasteiger partial charge in [-0.2, -0.15) is 0 Å². The molecule has 0 saturated carbocycles. The molecule has 0 bridgehead atoms. The summed E-state index contributed by atoms with van der Waals surface area (Å²) in [6, 6.07) is 7.89. The molecule has 3 amide bonds. The van der Waals surface area contributed by atoms with Gasteiger partial charge in [0.05, 0.1) is 25.7 Å². The van der Waals surface area contributed by atoms with Crippen LogP contribution < -0.4 is 21.1 Å². The van der Waals surface area contributed by atoms with Crippen LogP contribution in [0.2, 0.25) is 0 Å². The summed E-state index contributed by atoms with van der Waals surface area (Å²) in [6.45, 7) is -0.643. The Bertz CT molecular complexity index is 1230. The Morgan fingerprint density at radius 1 is 1.29 bits per heavy atom. The summed E-state index contributed by atoms with van der Waals surface area (Å²) in [6.07, 6.45) is 4.20. The molecule has 0 aliphatic heterocycles. The van der Waals surface area contributed by atoms with Gasteiger partial charge in [-0.25, -0.2) is 0 Å². The largest absolute Gasteiger partial charge is 0.495 e. The van der Waals surface area contributed by atoms with E-state index in [-0.39, 0.29) is 25.2 Å². The molecule has 34 heavy (non-hydrogen) atoms. The summed E-state index contributed by atoms with van der Waals surface area (Å²) in [5.74, 6) is -1.12. The fourth-order valence-electron chi connectivity index (χ4n) is 4.47. The van der Waals surface area contributed by atoms with Gasteiger partial charge in [-0.1, -0.05) is 18.2 Å². The van der Waals surface area contributed by atoms with Gasteiger partial charge in [-0.15, -0.1) is 0 Å². The number of aromatic amines is 1. The summed E-state index contributed by atoms with van der Waals surface area (Å²) >= 11 is 0. The van der Waals surface area contributed by atoms with Crippen molar-refractivity contribution in [2.75, 3.05) is 13.7 Å². The van der Waals surface area contributed by atoms with Crippen LogP contribution >= 0.6 is 0 Å². The maximum absolute atomic E-state index is 13.5. The van der Waals surface area contributed by atoms with E-state index in [4.69, 9.17) is 10.5 Å². The number of para-hydroxylation sites is 1. The fourth-order valence-corrected chi connectivity index (χ4v) is 4.47. The number of rotatable bonds is 8. The SMILES string of the molecule is COc1cccc2c3c([nH]c12)CCC(NC(=O)Cc1cccnc1)(C(=O)N[C@@H](CO)C(N)=O)C3. The van der Waals surface area contributed by atoms with Crippen LogP contribution in [0.4, 0.5) is 0 Å². The first-order chi connectivity index (χ1) is 16.4. The first-order valence-electron chi connectivity index (χ1n) is 10.9. The summed E-state index contributed by atoms with van der Waals surface area (Å²) < 4.78 is 5.46. The Labute approximate surface area is 195 Å². The molecule has 0 radical (unpaired) electrons. The summed E-state index contributed by atoms with van der Waals surface area (Å²) in [5, 5.41) is 15.8. The zero-order chi connectivity index (χ0) is 24.3. The lowest BCUT2D eigenvalue weighted by atomic mass is 9.78. The molecule has 6 N–H and O–H groups in total. The molecular weight excluding hydrogens is 438 g/mol. The van der Waals surface area contributed by atoms with Crippen LogP contribution in [-0.4, -0.2) is 58.1 Å². The highest BCUT2D eigenvalue weighted by Crippen LogP contribution is 2.37. The summed E-state index contributed by atoms with van der Waals surface area (Å²) in [5.41, 5.74) is 7.33. The van der Waals surface area contributed by atoms with Gasteiger partial charge in [0.15, 0.2) is 0 Å². The number of aryl methyl sites for hydroxylation is 1. The van der Waals surface area contributed by atoms with Crippen LogP contribution in [0.5, 0.6) is 5.75 Å². The Morgan fingerprint density at radius 3 is 2.79 bits per heavy atom. The molecule has 0 spiro atoms. The number of nitrogens with two attached hydrogens (primary N) is 1. The van der Waals surface area contributed by atoms with Gasteiger partial charge in [0, 0.05) is 29.9 Å². The lowest BCUT2D eigenvalue weighted by Gasteiger charge is -2.37. The maximum atomic E-state index is 13.5. The molecule has 1 aliphatic rings. The normalized spacial score (nSPS) is 18.1. The average molecular weight is 466 g/mol. The lowest BCUT2D eigenvalue weighted by molar-refractivity contribution is -0.136. The zero-order valence-electron chi connectivity index (χ0n) is 18.8. The number of ether oxygens (including phenoxy) is 1. The van der Waals surface area contributed by atoms with Crippen LogP contribution in [0.15, 0.2) is 42.7 Å². The Kier molecular flexibility index (Phi) is 6.51. The number of carbonyl (C=O) groups is 3. The second kappa shape index (κ2) is 9.52. The number of pyridine rings is 1. The van der Waals surface area contributed by atoms with E-state index in [0.29, 0.717) is 17.7 Å². The van der Waals surface area contributed by atoms with E-state index in [1.807, 2.05) is 18.2 Å². The van der Waals surface area contributed by atoms with Gasteiger partial charge >= 0.3 is 0 Å². The molecule has 2 heterocycles. The predicted octanol–water partition coefficient (Wildman–Crippen LogP) is 0.120. The van der Waals surface area contributed by atoms with E-state index in [9.17, 15) is 19.5 Å². The van der Waals surface area contributed by atoms with Crippen molar-refractivity contribution in [2.24, 2.45) is 5.73 Å². The van der Waals surface area contributed by atoms with E-state index in [1.54, 1.807) is 31.6 Å². The Balaban J connectivity index is 1.69. The minimum atomic E-state index is -1.34. The number of fused-ring (bicyclic) bond motifs is 3. The highest BCUT2D eigenvalue weighted by atomic mass is 16.5. The number of hydrogen-bond donors (Lipinski definition) is 5. The number of amides is 3. The highest BCUT2D eigenvalue weighted by molar-refractivity contribution is 5.97. The monoisotopic (exact) mass is 465 g/mol. The van der Waals surface area contributed by atoms with Gasteiger partial charge in [-0.05, 0) is 36.1 Å². The van der Waals surface area contributed by atoms with Crippen LogP contribution in [0.25, 0.3) is 10.9 Å². The molecule has 4 rings (SSSR count).